The molecule has 5 aliphatic rings. The average molecular weight is 795 g/mol. The molecule has 3 amide bonds. The molecule has 3 saturated heterocycles. The third kappa shape index (κ3) is 7.75. The van der Waals surface area contributed by atoms with E-state index in [1.807, 2.05) is 6.07 Å². The van der Waals surface area contributed by atoms with E-state index in [-0.39, 0.29) is 58.9 Å². The third-order valence-electron chi connectivity index (χ3n) is 12.4. The summed E-state index contributed by atoms with van der Waals surface area (Å²) in [6.07, 6.45) is 3.79. The van der Waals surface area contributed by atoms with Crippen molar-refractivity contribution in [2.75, 3.05) is 56.2 Å². The van der Waals surface area contributed by atoms with E-state index in [2.05, 4.69) is 54.0 Å². The fourth-order valence-corrected chi connectivity index (χ4v) is 9.32. The van der Waals surface area contributed by atoms with E-state index in [1.165, 1.54) is 22.1 Å². The van der Waals surface area contributed by atoms with Crippen LogP contribution >= 0.6 is 0 Å². The van der Waals surface area contributed by atoms with Gasteiger partial charge in [-0.1, -0.05) is 20.8 Å². The third-order valence-corrected chi connectivity index (χ3v) is 16.9. The maximum Gasteiger partial charge on any atom is 0.416 e. The van der Waals surface area contributed by atoms with E-state index in [0.717, 1.165) is 12.1 Å². The van der Waals surface area contributed by atoms with Gasteiger partial charge in [-0.2, -0.15) is 0 Å². The van der Waals surface area contributed by atoms with Crippen LogP contribution in [0.2, 0.25) is 18.1 Å². The molecule has 304 valence electrons. The van der Waals surface area contributed by atoms with Crippen molar-refractivity contribution in [1.29, 1.82) is 0 Å². The van der Waals surface area contributed by atoms with Gasteiger partial charge in [-0.3, -0.25) is 19.4 Å². The minimum atomic E-state index is -2.33. The lowest BCUT2D eigenvalue weighted by atomic mass is 9.86. The van der Waals surface area contributed by atoms with Gasteiger partial charge in [0.05, 0.1) is 19.3 Å². The number of piperidine rings is 1. The number of ketones is 1. The molecule has 1 spiro atoms. The number of ether oxygens (including phenoxy) is 3. The van der Waals surface area contributed by atoms with Gasteiger partial charge in [0.25, 0.3) is 11.8 Å². The number of hydrogen-bond acceptors (Lipinski definition) is 11. The number of benzene rings is 1. The van der Waals surface area contributed by atoms with Crippen molar-refractivity contribution in [2.45, 2.75) is 115 Å². The van der Waals surface area contributed by atoms with Crippen molar-refractivity contribution >= 4 is 43.8 Å². The predicted octanol–water partition coefficient (Wildman–Crippen LogP) is 6.13. The molecule has 1 N–H and O–H groups in total. The zero-order valence-electron chi connectivity index (χ0n) is 33.9. The number of carbonyl (C=O) groups excluding carboxylic acids is 4. The molecule has 16 heteroatoms. The van der Waals surface area contributed by atoms with Crippen LogP contribution in [0, 0.1) is 11.7 Å². The smallest absolute Gasteiger partial charge is 0.416 e. The average Bonchev–Trinajstić information content (AvgIpc) is 3.82. The van der Waals surface area contributed by atoms with Gasteiger partial charge in [0, 0.05) is 44.6 Å². The minimum absolute atomic E-state index is 0.0281. The number of hydrogen-bond donors (Lipinski definition) is 1. The van der Waals surface area contributed by atoms with Crippen LogP contribution in [-0.2, 0) is 31.5 Å². The first-order chi connectivity index (χ1) is 26.2. The Balaban J connectivity index is 1.02. The lowest BCUT2D eigenvalue weighted by molar-refractivity contribution is -0.118. The Kier molecular flexibility index (Phi) is 10.3. The second kappa shape index (κ2) is 14.3. The largest absolute Gasteiger partial charge is 0.465 e. The molecule has 1 aromatic carbocycles. The molecule has 2 atom stereocenters. The van der Waals surface area contributed by atoms with Crippen LogP contribution in [0.5, 0.6) is 5.88 Å². The molecule has 3 fully saturated rings. The summed E-state index contributed by atoms with van der Waals surface area (Å²) < 4.78 is 39.7. The second-order valence-electron chi connectivity index (χ2n) is 18.7. The van der Waals surface area contributed by atoms with Crippen LogP contribution in [0.15, 0.2) is 18.3 Å². The van der Waals surface area contributed by atoms with Gasteiger partial charge in [-0.15, -0.1) is 0 Å². The SMILES string of the molecule is CC(C)(C)OC(=O)N1CCC[C@@]1(CO[Si](C)(C)C(C)(C)C)C(=O)c1cc(F)c2c(c1)CC(CN1CCC3(CC1)CN(c1cnc4c(n1)NC(=O)CO4)C(=O)O3)C2. The minimum Gasteiger partial charge on any atom is -0.465 e. The van der Waals surface area contributed by atoms with E-state index in [0.29, 0.717) is 70.3 Å². The number of halogens is 1. The number of fused-ring (bicyclic) bond motifs is 2. The summed E-state index contributed by atoms with van der Waals surface area (Å²) in [5.74, 6) is -0.259. The molecule has 1 unspecified atom stereocenters. The van der Waals surface area contributed by atoms with E-state index in [1.54, 1.807) is 20.8 Å². The molecule has 1 aliphatic carbocycles. The fourth-order valence-electron chi connectivity index (χ4n) is 8.29. The van der Waals surface area contributed by atoms with Crippen molar-refractivity contribution in [3.8, 4) is 5.88 Å². The van der Waals surface area contributed by atoms with Crippen LogP contribution in [0.25, 0.3) is 0 Å². The Morgan fingerprint density at radius 1 is 1.05 bits per heavy atom. The predicted molar refractivity (Wildman–Crippen MR) is 208 cm³/mol. The number of nitrogens with one attached hydrogen (secondary N) is 1. The summed E-state index contributed by atoms with van der Waals surface area (Å²) in [6.45, 7) is 18.7. The normalized spacial score (nSPS) is 23.8. The zero-order valence-corrected chi connectivity index (χ0v) is 34.9. The molecule has 56 heavy (non-hydrogen) atoms. The first kappa shape index (κ1) is 40.1. The van der Waals surface area contributed by atoms with Gasteiger partial charge in [0.2, 0.25) is 0 Å². The Morgan fingerprint density at radius 3 is 2.48 bits per heavy atom. The molecule has 0 bridgehead atoms. The highest BCUT2D eigenvalue weighted by Crippen LogP contribution is 2.42. The van der Waals surface area contributed by atoms with Gasteiger partial charge in [0.1, 0.15) is 22.6 Å². The summed E-state index contributed by atoms with van der Waals surface area (Å²) in [5.41, 5.74) is -1.03. The Labute approximate surface area is 328 Å². The van der Waals surface area contributed by atoms with Crippen LogP contribution in [0.1, 0.15) is 88.7 Å². The monoisotopic (exact) mass is 794 g/mol. The quantitative estimate of drug-likeness (QED) is 0.243. The molecule has 4 aliphatic heterocycles. The van der Waals surface area contributed by atoms with Gasteiger partial charge < -0.3 is 28.9 Å². The number of aromatic nitrogens is 2. The summed E-state index contributed by atoms with van der Waals surface area (Å²) in [7, 11) is -2.33. The molecular formula is C40H55FN6O8Si. The first-order valence-electron chi connectivity index (χ1n) is 19.7. The van der Waals surface area contributed by atoms with Crippen molar-refractivity contribution in [1.82, 2.24) is 19.8 Å². The number of anilines is 2. The molecule has 2 aromatic rings. The van der Waals surface area contributed by atoms with E-state index in [4.69, 9.17) is 18.6 Å². The number of likely N-dealkylation sites (tertiary alicyclic amines) is 2. The maximum atomic E-state index is 16.0. The topological polar surface area (TPSA) is 153 Å². The number of carbonyl (C=O) groups is 4. The van der Waals surface area contributed by atoms with Gasteiger partial charge in [-0.25, -0.2) is 23.9 Å². The molecule has 14 nitrogen and oxygen atoms in total. The van der Waals surface area contributed by atoms with Crippen molar-refractivity contribution in [3.63, 3.8) is 0 Å². The highest BCUT2D eigenvalue weighted by atomic mass is 28.4. The number of amides is 3. The van der Waals surface area contributed by atoms with Crippen molar-refractivity contribution in [3.05, 3.63) is 40.8 Å². The van der Waals surface area contributed by atoms with Gasteiger partial charge in [0.15, 0.2) is 32.3 Å². The summed E-state index contributed by atoms with van der Waals surface area (Å²) in [6, 6.07) is 3.18. The lowest BCUT2D eigenvalue weighted by Gasteiger charge is -2.42. The summed E-state index contributed by atoms with van der Waals surface area (Å²) in [5, 5.41) is 2.51. The van der Waals surface area contributed by atoms with Crippen LogP contribution in [-0.4, -0.2) is 115 Å². The molecule has 5 heterocycles. The maximum absolute atomic E-state index is 16.0. The van der Waals surface area contributed by atoms with Crippen LogP contribution < -0.4 is 15.0 Å². The Hall–Kier alpha value is -4.15. The van der Waals surface area contributed by atoms with Crippen molar-refractivity contribution in [2.24, 2.45) is 5.92 Å². The highest BCUT2D eigenvalue weighted by molar-refractivity contribution is 6.74. The van der Waals surface area contributed by atoms with Gasteiger partial charge >= 0.3 is 12.2 Å². The number of Topliss-reactive ketones (excluding diaryl/α,β-unsaturated/α-hetero) is 1. The second-order valence-corrected chi connectivity index (χ2v) is 23.5. The standard InChI is InChI=1S/C40H55FN6O8Si/c1-37(2,3)54-36(51)47-13-9-10-40(47,24-53-56(7,8)38(4,5)6)32(49)27-18-26-16-25(17-28(26)29(41)19-27)21-45-14-11-39(12-15-45)23-46(35(50)55-39)30-20-42-34-33(43-30)44-31(48)22-52-34/h18-20,25H,9-17,21-24H2,1-8H3,(H,43,44,48)/t25?,40-/m1/s1. The molecule has 1 aromatic heterocycles. The Bertz CT molecular complexity index is 1920. The molecule has 0 saturated carbocycles. The van der Waals surface area contributed by atoms with Gasteiger partial charge in [-0.05, 0) is 93.8 Å². The lowest BCUT2D eigenvalue weighted by Crippen LogP contribution is -2.59. The van der Waals surface area contributed by atoms with Crippen LogP contribution in [0.3, 0.4) is 0 Å². The van der Waals surface area contributed by atoms with E-state index in [9.17, 15) is 19.2 Å². The highest BCUT2D eigenvalue weighted by Gasteiger charge is 2.54. The summed E-state index contributed by atoms with van der Waals surface area (Å²) in [4.78, 5) is 67.1. The van der Waals surface area contributed by atoms with E-state index < -0.39 is 43.1 Å². The zero-order chi connectivity index (χ0) is 40.4. The van der Waals surface area contributed by atoms with E-state index >= 15 is 4.39 Å². The summed E-state index contributed by atoms with van der Waals surface area (Å²) >= 11 is 0. The molecular weight excluding hydrogens is 740 g/mol. The van der Waals surface area contributed by atoms with Crippen LogP contribution in [0.4, 0.5) is 25.6 Å². The fraction of sp³-hybridized carbons (Fsp3) is 0.650. The molecule has 7 rings (SSSR count). The number of nitrogens with zero attached hydrogens (tertiary/aromatic N) is 5. The number of rotatable bonds is 8. The molecule has 0 radical (unpaired) electrons. The Morgan fingerprint density at radius 2 is 1.79 bits per heavy atom. The first-order valence-corrected chi connectivity index (χ1v) is 22.6. The van der Waals surface area contributed by atoms with Crippen molar-refractivity contribution < 1.29 is 42.2 Å².